The summed E-state index contributed by atoms with van der Waals surface area (Å²) in [5.74, 6) is 0.248. The number of aromatic hydroxyl groups is 1. The van der Waals surface area contributed by atoms with Crippen molar-refractivity contribution >= 4 is 23.7 Å². The topological polar surface area (TPSA) is 99.6 Å². The van der Waals surface area contributed by atoms with Crippen LogP contribution in [0.3, 0.4) is 0 Å². The summed E-state index contributed by atoms with van der Waals surface area (Å²) in [7, 11) is 0. The molecule has 7 nitrogen and oxygen atoms in total. The number of amides is 1. The van der Waals surface area contributed by atoms with Crippen LogP contribution in [0.4, 0.5) is 0 Å². The van der Waals surface area contributed by atoms with E-state index in [0.29, 0.717) is 28.6 Å². The highest BCUT2D eigenvalue weighted by Gasteiger charge is 2.14. The van der Waals surface area contributed by atoms with Crippen molar-refractivity contribution in [2.75, 3.05) is 0 Å². The van der Waals surface area contributed by atoms with Crippen molar-refractivity contribution in [1.82, 2.24) is 15.6 Å². The first-order valence-electron chi connectivity index (χ1n) is 9.73. The van der Waals surface area contributed by atoms with Crippen LogP contribution in [0, 0.1) is 0 Å². The third kappa shape index (κ3) is 5.14. The summed E-state index contributed by atoms with van der Waals surface area (Å²) in [4.78, 5) is 12.4. The molecule has 1 amide bonds. The lowest BCUT2D eigenvalue weighted by molar-refractivity contribution is 0.0950. The quantitative estimate of drug-likeness (QED) is 0.281. The number of aromatic nitrogens is 2. The molecule has 4 rings (SSSR count). The van der Waals surface area contributed by atoms with Gasteiger partial charge in [0, 0.05) is 16.1 Å². The molecule has 0 bridgehead atoms. The van der Waals surface area contributed by atoms with Gasteiger partial charge in [-0.15, -0.1) is 0 Å². The average Bonchev–Trinajstić information content (AvgIpc) is 3.30. The zero-order valence-corrected chi connectivity index (χ0v) is 17.6. The lowest BCUT2D eigenvalue weighted by Gasteiger charge is -2.10. The number of phenols is 1. The summed E-state index contributed by atoms with van der Waals surface area (Å²) in [5.41, 5.74) is 5.43. The number of aromatic amines is 1. The van der Waals surface area contributed by atoms with Gasteiger partial charge in [-0.25, -0.2) is 5.43 Å². The van der Waals surface area contributed by atoms with Gasteiger partial charge in [-0.3, -0.25) is 9.89 Å². The SMILES string of the molecule is O=C(NN=Cc1ccccc1O)c1cc(-c2ccccc2OCc2ccc(Cl)cc2)n[nH]1. The van der Waals surface area contributed by atoms with Crippen molar-refractivity contribution in [3.63, 3.8) is 0 Å². The highest BCUT2D eigenvalue weighted by molar-refractivity contribution is 6.30. The molecule has 0 fully saturated rings. The van der Waals surface area contributed by atoms with Crippen LogP contribution >= 0.6 is 11.6 Å². The minimum Gasteiger partial charge on any atom is -0.507 e. The predicted molar refractivity (Wildman–Crippen MR) is 123 cm³/mol. The van der Waals surface area contributed by atoms with Gasteiger partial charge in [0.15, 0.2) is 0 Å². The lowest BCUT2D eigenvalue weighted by Crippen LogP contribution is -2.18. The van der Waals surface area contributed by atoms with Gasteiger partial charge < -0.3 is 9.84 Å². The van der Waals surface area contributed by atoms with Gasteiger partial charge in [-0.05, 0) is 48.0 Å². The van der Waals surface area contributed by atoms with E-state index in [9.17, 15) is 9.90 Å². The number of ether oxygens (including phenoxy) is 1. The third-order valence-electron chi connectivity index (χ3n) is 4.60. The fourth-order valence-electron chi connectivity index (χ4n) is 2.94. The van der Waals surface area contributed by atoms with Crippen molar-refractivity contribution in [3.8, 4) is 22.8 Å². The van der Waals surface area contributed by atoms with Crippen molar-refractivity contribution in [2.45, 2.75) is 6.61 Å². The molecule has 4 aromatic rings. The number of rotatable bonds is 7. The molecule has 3 aromatic carbocycles. The number of hydrogen-bond donors (Lipinski definition) is 3. The van der Waals surface area contributed by atoms with Gasteiger partial charge in [0.1, 0.15) is 23.8 Å². The summed E-state index contributed by atoms with van der Waals surface area (Å²) in [5, 5.41) is 21.2. The number of nitrogens with one attached hydrogen (secondary N) is 2. The Kier molecular flexibility index (Phi) is 6.48. The van der Waals surface area contributed by atoms with E-state index in [1.54, 1.807) is 24.3 Å². The highest BCUT2D eigenvalue weighted by atomic mass is 35.5. The third-order valence-corrected chi connectivity index (χ3v) is 4.85. The van der Waals surface area contributed by atoms with Gasteiger partial charge in [-0.1, -0.05) is 48.0 Å². The van der Waals surface area contributed by atoms with E-state index in [1.807, 2.05) is 48.5 Å². The Labute approximate surface area is 189 Å². The molecule has 0 saturated carbocycles. The summed E-state index contributed by atoms with van der Waals surface area (Å²) in [6.07, 6.45) is 1.37. The minimum atomic E-state index is -0.463. The largest absolute Gasteiger partial charge is 0.507 e. The normalized spacial score (nSPS) is 10.9. The van der Waals surface area contributed by atoms with Crippen LogP contribution in [0.2, 0.25) is 5.02 Å². The van der Waals surface area contributed by atoms with Crippen LogP contribution in [0.15, 0.2) is 84.0 Å². The van der Waals surface area contributed by atoms with Gasteiger partial charge in [0.2, 0.25) is 0 Å². The zero-order valence-electron chi connectivity index (χ0n) is 16.8. The first-order chi connectivity index (χ1) is 15.6. The number of halogens is 1. The Balaban J connectivity index is 1.44. The molecule has 1 heterocycles. The number of nitrogens with zero attached hydrogens (tertiary/aromatic N) is 2. The Hall–Kier alpha value is -4.10. The average molecular weight is 447 g/mol. The maximum atomic E-state index is 12.4. The molecular weight excluding hydrogens is 428 g/mol. The lowest BCUT2D eigenvalue weighted by atomic mass is 10.1. The molecule has 0 aliphatic rings. The molecule has 3 N–H and O–H groups in total. The minimum absolute atomic E-state index is 0.0736. The molecule has 0 spiro atoms. The Bertz CT molecular complexity index is 1250. The molecule has 0 radical (unpaired) electrons. The second-order valence-corrected chi connectivity index (χ2v) is 7.27. The molecule has 0 atom stereocenters. The monoisotopic (exact) mass is 446 g/mol. The Morgan fingerprint density at radius 1 is 1.09 bits per heavy atom. The number of phenolic OH excluding ortho intramolecular Hbond substituents is 1. The van der Waals surface area contributed by atoms with E-state index in [0.717, 1.165) is 11.1 Å². The maximum Gasteiger partial charge on any atom is 0.289 e. The second kappa shape index (κ2) is 9.80. The molecule has 160 valence electrons. The first kappa shape index (κ1) is 21.1. The number of H-pyrrole nitrogens is 1. The fraction of sp³-hybridized carbons (Fsp3) is 0.0417. The zero-order chi connectivity index (χ0) is 22.3. The van der Waals surface area contributed by atoms with Gasteiger partial charge in [0.25, 0.3) is 5.91 Å². The van der Waals surface area contributed by atoms with Crippen molar-refractivity contribution in [1.29, 1.82) is 0 Å². The summed E-state index contributed by atoms with van der Waals surface area (Å²) < 4.78 is 5.97. The van der Waals surface area contributed by atoms with Gasteiger partial charge >= 0.3 is 0 Å². The molecule has 0 aliphatic heterocycles. The summed E-state index contributed by atoms with van der Waals surface area (Å²) >= 11 is 5.93. The van der Waals surface area contributed by atoms with Crippen molar-refractivity contribution in [2.24, 2.45) is 5.10 Å². The Morgan fingerprint density at radius 2 is 1.84 bits per heavy atom. The number of hydrogen-bond acceptors (Lipinski definition) is 5. The number of hydrazone groups is 1. The van der Waals surface area contributed by atoms with Crippen LogP contribution in [0.25, 0.3) is 11.3 Å². The van der Waals surface area contributed by atoms with Crippen molar-refractivity contribution in [3.05, 3.63) is 101 Å². The summed E-state index contributed by atoms with van der Waals surface area (Å²) in [6.45, 7) is 0.368. The van der Waals surface area contributed by atoms with E-state index in [2.05, 4.69) is 20.7 Å². The molecule has 0 aliphatic carbocycles. The maximum absolute atomic E-state index is 12.4. The number of carbonyl (C=O) groups is 1. The molecular formula is C24H19ClN4O3. The highest BCUT2D eigenvalue weighted by Crippen LogP contribution is 2.29. The molecule has 32 heavy (non-hydrogen) atoms. The molecule has 8 heteroatoms. The van der Waals surface area contributed by atoms with E-state index < -0.39 is 5.91 Å². The second-order valence-electron chi connectivity index (χ2n) is 6.84. The van der Waals surface area contributed by atoms with Gasteiger partial charge in [-0.2, -0.15) is 10.2 Å². The van der Waals surface area contributed by atoms with Crippen molar-refractivity contribution < 1.29 is 14.6 Å². The van der Waals surface area contributed by atoms with E-state index in [-0.39, 0.29) is 11.4 Å². The van der Waals surface area contributed by atoms with E-state index >= 15 is 0 Å². The number of carbonyl (C=O) groups excluding carboxylic acids is 1. The van der Waals surface area contributed by atoms with Crippen LogP contribution in [0.1, 0.15) is 21.6 Å². The molecule has 0 saturated heterocycles. The predicted octanol–water partition coefficient (Wildman–Crippen LogP) is 4.78. The molecule has 0 unspecified atom stereocenters. The summed E-state index contributed by atoms with van der Waals surface area (Å²) in [6, 6.07) is 23.2. The number of para-hydroxylation sites is 2. The first-order valence-corrected chi connectivity index (χ1v) is 10.1. The van der Waals surface area contributed by atoms with Crippen LogP contribution in [-0.2, 0) is 6.61 Å². The van der Waals surface area contributed by atoms with Crippen LogP contribution < -0.4 is 10.2 Å². The van der Waals surface area contributed by atoms with Crippen LogP contribution in [-0.4, -0.2) is 27.4 Å². The fourth-order valence-corrected chi connectivity index (χ4v) is 3.07. The number of benzene rings is 3. The van der Waals surface area contributed by atoms with Gasteiger partial charge in [0.05, 0.1) is 11.9 Å². The standard InChI is InChI=1S/C24H19ClN4O3/c25-18-11-9-16(10-12-18)15-32-23-8-4-2-6-19(23)20-13-21(28-27-20)24(31)29-26-14-17-5-1-3-7-22(17)30/h1-14,30H,15H2,(H,27,28)(H,29,31). The smallest absolute Gasteiger partial charge is 0.289 e. The van der Waals surface area contributed by atoms with Crippen LogP contribution in [0.5, 0.6) is 11.5 Å². The van der Waals surface area contributed by atoms with E-state index in [4.69, 9.17) is 16.3 Å². The van der Waals surface area contributed by atoms with E-state index in [1.165, 1.54) is 12.3 Å². The Morgan fingerprint density at radius 3 is 2.66 bits per heavy atom. The molecule has 1 aromatic heterocycles.